The number of hydrogen-bond acceptors (Lipinski definition) is 6. The van der Waals surface area contributed by atoms with Crippen molar-refractivity contribution in [1.29, 1.82) is 0 Å². The standard InChI is InChI=1S/C27H42N2O4/c1-29(19-13-6-4-5-10-18-25(31-2)32-3)21-24-20-28-26(33-24)27(30,23-16-11-12-17-23)22-14-8-7-9-15-22/h7-9,14-15,20,23,25,30H,4-6,10-13,16-19,21H2,1-3H3. The van der Waals surface area contributed by atoms with Gasteiger partial charge in [0.2, 0.25) is 5.89 Å². The number of nitrogens with zero attached hydrogens (tertiary/aromatic N) is 2. The highest BCUT2D eigenvalue weighted by Crippen LogP contribution is 2.44. The molecular weight excluding hydrogens is 416 g/mol. The van der Waals surface area contributed by atoms with Gasteiger partial charge in [-0.2, -0.15) is 0 Å². The summed E-state index contributed by atoms with van der Waals surface area (Å²) in [7, 11) is 5.50. The van der Waals surface area contributed by atoms with Gasteiger partial charge in [-0.15, -0.1) is 0 Å². The second kappa shape index (κ2) is 13.2. The third-order valence-electron chi connectivity index (χ3n) is 6.97. The highest BCUT2D eigenvalue weighted by molar-refractivity contribution is 5.30. The van der Waals surface area contributed by atoms with Crippen LogP contribution in [0.4, 0.5) is 0 Å². The van der Waals surface area contributed by atoms with Crippen LogP contribution >= 0.6 is 0 Å². The summed E-state index contributed by atoms with van der Waals surface area (Å²) in [6, 6.07) is 9.89. The fraction of sp³-hybridized carbons (Fsp3) is 0.667. The van der Waals surface area contributed by atoms with E-state index in [0.29, 0.717) is 12.4 Å². The number of hydrogen-bond donors (Lipinski definition) is 1. The molecule has 1 atom stereocenters. The minimum atomic E-state index is -1.15. The van der Waals surface area contributed by atoms with E-state index in [4.69, 9.17) is 13.9 Å². The molecule has 0 radical (unpaired) electrons. The Hall–Kier alpha value is -1.73. The fourth-order valence-corrected chi connectivity index (χ4v) is 5.03. The Bertz CT molecular complexity index is 786. The lowest BCUT2D eigenvalue weighted by Crippen LogP contribution is -2.35. The largest absolute Gasteiger partial charge is 0.441 e. The van der Waals surface area contributed by atoms with Gasteiger partial charge in [-0.3, -0.25) is 4.90 Å². The highest BCUT2D eigenvalue weighted by atomic mass is 16.7. The lowest BCUT2D eigenvalue weighted by Gasteiger charge is -2.31. The van der Waals surface area contributed by atoms with Crippen molar-refractivity contribution in [2.75, 3.05) is 27.8 Å². The summed E-state index contributed by atoms with van der Waals surface area (Å²) in [6.07, 6.45) is 12.9. The smallest absolute Gasteiger partial charge is 0.231 e. The predicted molar refractivity (Wildman–Crippen MR) is 130 cm³/mol. The van der Waals surface area contributed by atoms with E-state index >= 15 is 0 Å². The van der Waals surface area contributed by atoms with Gasteiger partial charge in [-0.25, -0.2) is 4.98 Å². The molecule has 1 fully saturated rings. The van der Waals surface area contributed by atoms with Gasteiger partial charge in [-0.1, -0.05) is 62.4 Å². The van der Waals surface area contributed by atoms with Gasteiger partial charge in [0.25, 0.3) is 0 Å². The quantitative estimate of drug-likeness (QED) is 0.281. The van der Waals surface area contributed by atoms with Crippen molar-refractivity contribution in [3.8, 4) is 0 Å². The van der Waals surface area contributed by atoms with Crippen LogP contribution in [0.5, 0.6) is 0 Å². The normalized spacial score (nSPS) is 16.7. The Balaban J connectivity index is 1.47. The Morgan fingerprint density at radius 1 is 1.06 bits per heavy atom. The molecule has 1 heterocycles. The maximum Gasteiger partial charge on any atom is 0.231 e. The Kier molecular flexibility index (Phi) is 10.4. The molecular formula is C27H42N2O4. The molecule has 0 bridgehead atoms. The van der Waals surface area contributed by atoms with E-state index < -0.39 is 5.60 Å². The lowest BCUT2D eigenvalue weighted by molar-refractivity contribution is -0.107. The van der Waals surface area contributed by atoms with Crippen LogP contribution in [0.15, 0.2) is 40.9 Å². The van der Waals surface area contributed by atoms with Crippen LogP contribution in [0.2, 0.25) is 0 Å². The van der Waals surface area contributed by atoms with Gasteiger partial charge >= 0.3 is 0 Å². The molecule has 6 nitrogen and oxygen atoms in total. The second-order valence-corrected chi connectivity index (χ2v) is 9.44. The van der Waals surface area contributed by atoms with Crippen LogP contribution in [0.3, 0.4) is 0 Å². The van der Waals surface area contributed by atoms with Crippen molar-refractivity contribution in [2.45, 2.75) is 82.6 Å². The number of benzene rings is 1. The van der Waals surface area contributed by atoms with Crippen LogP contribution in [0.1, 0.15) is 81.4 Å². The molecule has 0 aliphatic heterocycles. The zero-order chi connectivity index (χ0) is 23.5. The summed E-state index contributed by atoms with van der Waals surface area (Å²) in [6.45, 7) is 1.71. The monoisotopic (exact) mass is 458 g/mol. The molecule has 6 heteroatoms. The average Bonchev–Trinajstić information content (AvgIpc) is 3.54. The summed E-state index contributed by atoms with van der Waals surface area (Å²) in [5, 5.41) is 11.8. The van der Waals surface area contributed by atoms with Gasteiger partial charge in [0.1, 0.15) is 5.76 Å². The lowest BCUT2D eigenvalue weighted by atomic mass is 9.80. The van der Waals surface area contributed by atoms with Crippen molar-refractivity contribution in [2.24, 2.45) is 5.92 Å². The first-order chi connectivity index (χ1) is 16.1. The van der Waals surface area contributed by atoms with Gasteiger partial charge in [0.15, 0.2) is 11.9 Å². The number of unbranched alkanes of at least 4 members (excludes halogenated alkanes) is 4. The first kappa shape index (κ1) is 25.9. The molecule has 2 aromatic rings. The molecule has 0 spiro atoms. The van der Waals surface area contributed by atoms with Crippen molar-refractivity contribution in [1.82, 2.24) is 9.88 Å². The zero-order valence-electron chi connectivity index (χ0n) is 20.7. The average molecular weight is 459 g/mol. The molecule has 1 N–H and O–H groups in total. The van der Waals surface area contributed by atoms with Gasteiger partial charge < -0.3 is 19.0 Å². The maximum atomic E-state index is 11.8. The van der Waals surface area contributed by atoms with Crippen LogP contribution < -0.4 is 0 Å². The summed E-state index contributed by atoms with van der Waals surface area (Å²) in [4.78, 5) is 6.83. The predicted octanol–water partition coefficient (Wildman–Crippen LogP) is 5.49. The molecule has 0 saturated heterocycles. The molecule has 184 valence electrons. The number of rotatable bonds is 15. The van der Waals surface area contributed by atoms with Crippen LogP contribution in [-0.4, -0.2) is 49.1 Å². The van der Waals surface area contributed by atoms with Crippen LogP contribution in [-0.2, 0) is 21.6 Å². The number of ether oxygens (including phenoxy) is 2. The molecule has 1 unspecified atom stereocenters. The number of oxazole rings is 1. The van der Waals surface area contributed by atoms with Gasteiger partial charge in [0.05, 0.1) is 12.7 Å². The molecule has 1 aromatic heterocycles. The van der Waals surface area contributed by atoms with E-state index in [-0.39, 0.29) is 12.2 Å². The third-order valence-corrected chi connectivity index (χ3v) is 6.97. The van der Waals surface area contributed by atoms with Crippen molar-refractivity contribution in [3.05, 3.63) is 53.7 Å². The maximum absolute atomic E-state index is 11.8. The van der Waals surface area contributed by atoms with Crippen LogP contribution in [0.25, 0.3) is 0 Å². The molecule has 3 rings (SSSR count). The van der Waals surface area contributed by atoms with Crippen molar-refractivity contribution in [3.63, 3.8) is 0 Å². The Morgan fingerprint density at radius 3 is 2.42 bits per heavy atom. The Morgan fingerprint density at radius 2 is 1.73 bits per heavy atom. The van der Waals surface area contributed by atoms with E-state index in [9.17, 15) is 5.11 Å². The number of methoxy groups -OCH3 is 2. The zero-order valence-corrected chi connectivity index (χ0v) is 20.7. The number of aliphatic hydroxyl groups is 1. The summed E-state index contributed by atoms with van der Waals surface area (Å²) < 4.78 is 16.6. The van der Waals surface area contributed by atoms with Crippen molar-refractivity contribution >= 4 is 0 Å². The number of aromatic nitrogens is 1. The highest BCUT2D eigenvalue weighted by Gasteiger charge is 2.45. The SMILES string of the molecule is COC(CCCCCCCN(C)Cc1cnc(C(O)(c2ccccc2)C2CCCC2)o1)OC. The molecule has 1 saturated carbocycles. The molecule has 0 amide bonds. The second-order valence-electron chi connectivity index (χ2n) is 9.44. The van der Waals surface area contributed by atoms with E-state index in [1.807, 2.05) is 30.3 Å². The summed E-state index contributed by atoms with van der Waals surface area (Å²) in [5.74, 6) is 1.40. The molecule has 1 aliphatic carbocycles. The van der Waals surface area contributed by atoms with Crippen LogP contribution in [0, 0.1) is 5.92 Å². The molecule has 1 aromatic carbocycles. The van der Waals surface area contributed by atoms with Gasteiger partial charge in [-0.05, 0) is 51.3 Å². The molecule has 1 aliphatic rings. The Labute approximate surface area is 199 Å². The minimum absolute atomic E-state index is 0.0730. The third kappa shape index (κ3) is 7.12. The minimum Gasteiger partial charge on any atom is -0.441 e. The first-order valence-electron chi connectivity index (χ1n) is 12.5. The fourth-order valence-electron chi connectivity index (χ4n) is 5.03. The topological polar surface area (TPSA) is 68.0 Å². The van der Waals surface area contributed by atoms with E-state index in [0.717, 1.165) is 62.8 Å². The van der Waals surface area contributed by atoms with E-state index in [1.165, 1.54) is 19.3 Å². The summed E-state index contributed by atoms with van der Waals surface area (Å²) >= 11 is 0. The van der Waals surface area contributed by atoms with Gasteiger partial charge in [0, 0.05) is 20.1 Å². The van der Waals surface area contributed by atoms with Crippen molar-refractivity contribution < 1.29 is 19.0 Å². The summed E-state index contributed by atoms with van der Waals surface area (Å²) in [5.41, 5.74) is -0.278. The molecule has 33 heavy (non-hydrogen) atoms. The van der Waals surface area contributed by atoms with E-state index in [2.05, 4.69) is 16.9 Å². The van der Waals surface area contributed by atoms with E-state index in [1.54, 1.807) is 20.4 Å². The first-order valence-corrected chi connectivity index (χ1v) is 12.5.